The fraction of sp³-hybridized carbons (Fsp3) is 0.105. The number of esters is 1. The maximum absolute atomic E-state index is 12.3. The molecule has 0 bridgehead atoms. The highest BCUT2D eigenvalue weighted by Gasteiger charge is 2.11. The summed E-state index contributed by atoms with van der Waals surface area (Å²) in [6.45, 7) is -0.0571. The summed E-state index contributed by atoms with van der Waals surface area (Å²) in [7, 11) is 1.31. The Bertz CT molecular complexity index is 1120. The molecule has 1 aromatic heterocycles. The zero-order chi connectivity index (χ0) is 19.4. The molecule has 1 amide bonds. The normalized spacial score (nSPS) is 12.0. The molecule has 0 aliphatic carbocycles. The van der Waals surface area contributed by atoms with E-state index in [1.54, 1.807) is 41.0 Å². The van der Waals surface area contributed by atoms with Crippen LogP contribution in [-0.2, 0) is 20.9 Å². The van der Waals surface area contributed by atoms with Crippen LogP contribution in [0.15, 0.2) is 53.5 Å². The first-order chi connectivity index (χ1) is 13.0. The molecule has 3 rings (SSSR count). The van der Waals surface area contributed by atoms with E-state index in [-0.39, 0.29) is 6.54 Å². The van der Waals surface area contributed by atoms with E-state index in [1.807, 2.05) is 12.1 Å². The van der Waals surface area contributed by atoms with Gasteiger partial charge in [0.2, 0.25) is 0 Å². The second-order valence-electron chi connectivity index (χ2n) is 5.46. The standard InChI is InChI=1S/C19H14Cl2N2O3S/c1-26-18(25)11-23-15-8-7-13(20)10-16(15)27-19(23)22-17(24)9-6-12-4-2-3-5-14(12)21/h2-10H,11H2,1H3. The van der Waals surface area contributed by atoms with Gasteiger partial charge in [-0.15, -0.1) is 0 Å². The van der Waals surface area contributed by atoms with Crippen LogP contribution in [-0.4, -0.2) is 23.6 Å². The molecule has 0 aliphatic heterocycles. The Morgan fingerprint density at radius 2 is 2.00 bits per heavy atom. The van der Waals surface area contributed by atoms with Gasteiger partial charge < -0.3 is 9.30 Å². The Kier molecular flexibility index (Phi) is 6.11. The van der Waals surface area contributed by atoms with Crippen molar-refractivity contribution in [2.45, 2.75) is 6.54 Å². The van der Waals surface area contributed by atoms with Crippen LogP contribution in [0.2, 0.25) is 10.0 Å². The molecule has 0 saturated heterocycles. The van der Waals surface area contributed by atoms with E-state index in [4.69, 9.17) is 27.9 Å². The third-order valence-electron chi connectivity index (χ3n) is 3.68. The number of hydrogen-bond donors (Lipinski definition) is 0. The van der Waals surface area contributed by atoms with Crippen LogP contribution in [0.4, 0.5) is 0 Å². The molecule has 27 heavy (non-hydrogen) atoms. The largest absolute Gasteiger partial charge is 0.468 e. The molecule has 0 fully saturated rings. The minimum absolute atomic E-state index is 0.0571. The number of benzene rings is 2. The van der Waals surface area contributed by atoms with Crippen molar-refractivity contribution in [1.29, 1.82) is 0 Å². The summed E-state index contributed by atoms with van der Waals surface area (Å²) in [4.78, 5) is 28.6. The summed E-state index contributed by atoms with van der Waals surface area (Å²) >= 11 is 13.4. The van der Waals surface area contributed by atoms with E-state index in [9.17, 15) is 9.59 Å². The predicted molar refractivity (Wildman–Crippen MR) is 108 cm³/mol. The Morgan fingerprint density at radius 1 is 1.22 bits per heavy atom. The summed E-state index contributed by atoms with van der Waals surface area (Å²) < 4.78 is 7.18. The van der Waals surface area contributed by atoms with Crippen LogP contribution >= 0.6 is 34.5 Å². The fourth-order valence-electron chi connectivity index (χ4n) is 2.38. The molecule has 2 aromatic carbocycles. The molecule has 0 atom stereocenters. The Morgan fingerprint density at radius 3 is 2.74 bits per heavy atom. The third kappa shape index (κ3) is 4.66. The van der Waals surface area contributed by atoms with Gasteiger partial charge in [0.05, 0.1) is 17.3 Å². The Balaban J connectivity index is 2.01. The van der Waals surface area contributed by atoms with Gasteiger partial charge in [-0.3, -0.25) is 9.59 Å². The van der Waals surface area contributed by atoms with Crippen LogP contribution in [0.3, 0.4) is 0 Å². The summed E-state index contributed by atoms with van der Waals surface area (Å²) in [6, 6.07) is 12.4. The molecular weight excluding hydrogens is 407 g/mol. The van der Waals surface area contributed by atoms with E-state index in [0.717, 1.165) is 10.2 Å². The molecule has 0 N–H and O–H groups in total. The highest BCUT2D eigenvalue weighted by molar-refractivity contribution is 7.16. The van der Waals surface area contributed by atoms with Crippen molar-refractivity contribution in [3.05, 3.63) is 69.0 Å². The highest BCUT2D eigenvalue weighted by atomic mass is 35.5. The molecule has 1 heterocycles. The Hall–Kier alpha value is -2.41. The van der Waals surface area contributed by atoms with Gasteiger partial charge in [0.1, 0.15) is 6.54 Å². The average Bonchev–Trinajstić information content (AvgIpc) is 2.97. The van der Waals surface area contributed by atoms with Crippen LogP contribution in [0, 0.1) is 0 Å². The number of halogens is 2. The zero-order valence-electron chi connectivity index (χ0n) is 14.2. The van der Waals surface area contributed by atoms with Crippen molar-refractivity contribution >= 4 is 62.7 Å². The first-order valence-corrected chi connectivity index (χ1v) is 9.42. The number of nitrogens with zero attached hydrogens (tertiary/aromatic N) is 2. The lowest BCUT2D eigenvalue weighted by Crippen LogP contribution is -2.22. The lowest BCUT2D eigenvalue weighted by atomic mass is 10.2. The fourth-order valence-corrected chi connectivity index (χ4v) is 3.89. The van der Waals surface area contributed by atoms with Gasteiger partial charge in [-0.1, -0.05) is 52.7 Å². The van der Waals surface area contributed by atoms with Gasteiger partial charge in [-0.2, -0.15) is 4.99 Å². The van der Waals surface area contributed by atoms with Crippen LogP contribution in [0.1, 0.15) is 5.56 Å². The van der Waals surface area contributed by atoms with Gasteiger partial charge in [0.25, 0.3) is 5.91 Å². The molecule has 0 unspecified atom stereocenters. The number of thiazole rings is 1. The van der Waals surface area contributed by atoms with Crippen molar-refractivity contribution in [3.8, 4) is 0 Å². The molecule has 0 aliphatic rings. The molecular formula is C19H14Cl2N2O3S. The number of ether oxygens (including phenoxy) is 1. The summed E-state index contributed by atoms with van der Waals surface area (Å²) in [6.07, 6.45) is 2.93. The third-order valence-corrected chi connectivity index (χ3v) is 5.30. The number of methoxy groups -OCH3 is 1. The van der Waals surface area contributed by atoms with Crippen LogP contribution in [0.5, 0.6) is 0 Å². The molecule has 138 valence electrons. The smallest absolute Gasteiger partial charge is 0.325 e. The predicted octanol–water partition coefficient (Wildman–Crippen LogP) is 4.32. The Labute approximate surface area is 169 Å². The van der Waals surface area contributed by atoms with Crippen molar-refractivity contribution in [3.63, 3.8) is 0 Å². The number of carbonyl (C=O) groups excluding carboxylic acids is 2. The molecule has 0 spiro atoms. The van der Waals surface area contributed by atoms with Gasteiger partial charge in [0, 0.05) is 16.1 Å². The van der Waals surface area contributed by atoms with Gasteiger partial charge in [-0.25, -0.2) is 0 Å². The van der Waals surface area contributed by atoms with E-state index in [0.29, 0.717) is 20.4 Å². The number of fused-ring (bicyclic) bond motifs is 1. The summed E-state index contributed by atoms with van der Waals surface area (Å²) in [5.41, 5.74) is 1.46. The monoisotopic (exact) mass is 420 g/mol. The first-order valence-electron chi connectivity index (χ1n) is 7.85. The maximum Gasteiger partial charge on any atom is 0.325 e. The summed E-state index contributed by atoms with van der Waals surface area (Å²) in [5.74, 6) is -0.906. The molecule has 0 saturated carbocycles. The average molecular weight is 421 g/mol. The molecule has 3 aromatic rings. The lowest BCUT2D eigenvalue weighted by molar-refractivity contribution is -0.141. The number of aromatic nitrogens is 1. The van der Waals surface area contributed by atoms with Crippen molar-refractivity contribution in [2.75, 3.05) is 7.11 Å². The van der Waals surface area contributed by atoms with E-state index in [1.165, 1.54) is 24.5 Å². The van der Waals surface area contributed by atoms with Crippen LogP contribution < -0.4 is 4.80 Å². The minimum atomic E-state index is -0.466. The van der Waals surface area contributed by atoms with Gasteiger partial charge in [-0.05, 0) is 35.9 Å². The molecule has 8 heteroatoms. The zero-order valence-corrected chi connectivity index (χ0v) is 16.5. The number of amides is 1. The number of carbonyl (C=O) groups is 2. The van der Waals surface area contributed by atoms with Crippen molar-refractivity contribution < 1.29 is 14.3 Å². The maximum atomic E-state index is 12.3. The van der Waals surface area contributed by atoms with Crippen LogP contribution in [0.25, 0.3) is 16.3 Å². The second-order valence-corrected chi connectivity index (χ2v) is 7.32. The minimum Gasteiger partial charge on any atom is -0.468 e. The summed E-state index contributed by atoms with van der Waals surface area (Å²) in [5, 5.41) is 1.10. The number of hydrogen-bond acceptors (Lipinski definition) is 4. The van der Waals surface area contributed by atoms with Crippen molar-refractivity contribution in [2.24, 2.45) is 4.99 Å². The van der Waals surface area contributed by atoms with E-state index >= 15 is 0 Å². The van der Waals surface area contributed by atoms with E-state index in [2.05, 4.69) is 4.99 Å². The molecule has 5 nitrogen and oxygen atoms in total. The highest BCUT2D eigenvalue weighted by Crippen LogP contribution is 2.22. The van der Waals surface area contributed by atoms with Gasteiger partial charge in [0.15, 0.2) is 4.80 Å². The lowest BCUT2D eigenvalue weighted by Gasteiger charge is -2.03. The molecule has 0 radical (unpaired) electrons. The SMILES string of the molecule is COC(=O)Cn1c(=NC(=O)C=Cc2ccccc2Cl)sc2cc(Cl)ccc21. The van der Waals surface area contributed by atoms with Crippen molar-refractivity contribution in [1.82, 2.24) is 4.57 Å². The second kappa shape index (κ2) is 8.52. The van der Waals surface area contributed by atoms with E-state index < -0.39 is 11.9 Å². The quantitative estimate of drug-likeness (QED) is 0.466. The van der Waals surface area contributed by atoms with Gasteiger partial charge >= 0.3 is 5.97 Å². The number of rotatable bonds is 4. The topological polar surface area (TPSA) is 60.7 Å². The first kappa shape index (κ1) is 19.4.